The summed E-state index contributed by atoms with van der Waals surface area (Å²) in [4.78, 5) is 39.4. The van der Waals surface area contributed by atoms with E-state index in [1.807, 2.05) is 81.6 Å². The molecule has 0 unspecified atom stereocenters. The van der Waals surface area contributed by atoms with Gasteiger partial charge in [-0.2, -0.15) is 0 Å². The zero-order valence-corrected chi connectivity index (χ0v) is 24.0. The molecule has 40 heavy (non-hydrogen) atoms. The Balaban J connectivity index is 1.56. The van der Waals surface area contributed by atoms with Crippen LogP contribution in [-0.4, -0.2) is 89.6 Å². The molecule has 2 aromatic carbocycles. The van der Waals surface area contributed by atoms with Gasteiger partial charge in [-0.15, -0.1) is 10.2 Å². The van der Waals surface area contributed by atoms with Crippen molar-refractivity contribution in [2.45, 2.75) is 12.8 Å². The summed E-state index contributed by atoms with van der Waals surface area (Å²) in [6.45, 7) is 2.14. The van der Waals surface area contributed by atoms with Crippen molar-refractivity contribution in [3.05, 3.63) is 77.1 Å². The Morgan fingerprint density at radius 1 is 0.850 bits per heavy atom. The number of carbonyl (C=O) groups is 2. The number of anilines is 1. The summed E-state index contributed by atoms with van der Waals surface area (Å²) in [5.74, 6) is -0.120. The number of rotatable bonds is 12. The highest BCUT2D eigenvalue weighted by molar-refractivity contribution is 7.16. The molecule has 0 aliphatic rings. The van der Waals surface area contributed by atoms with Crippen molar-refractivity contribution in [1.82, 2.24) is 35.3 Å². The highest BCUT2D eigenvalue weighted by atomic mass is 32.1. The first-order valence-corrected chi connectivity index (χ1v) is 13.9. The lowest BCUT2D eigenvalue weighted by molar-refractivity contribution is 0.0949. The molecule has 0 aliphatic heterocycles. The normalized spacial score (nSPS) is 11.2. The molecule has 2 N–H and O–H groups in total. The Kier molecular flexibility index (Phi) is 10.0. The molecule has 2 heterocycles. The standard InChI is InChI=1S/C29H34N8O2S/c1-36(2)17-10-13-21-19-24(32-25(31-21)20-11-6-5-7-12-20)26(38)33-23-15-9-8-14-22(23)28-34-35-29(40-28)27(39)30-16-18-37(3)4/h5-9,11-12,14-15,19H,10,13,16-18H2,1-4H3,(H,30,39)(H,33,38). The molecule has 0 saturated heterocycles. The number of nitrogens with one attached hydrogen (secondary N) is 2. The van der Waals surface area contributed by atoms with E-state index in [0.717, 1.165) is 37.2 Å². The second kappa shape index (κ2) is 13.8. The number of para-hydroxylation sites is 1. The van der Waals surface area contributed by atoms with Gasteiger partial charge in [0, 0.05) is 29.9 Å². The average Bonchev–Trinajstić information content (AvgIpc) is 3.44. The smallest absolute Gasteiger partial charge is 0.282 e. The molecule has 4 rings (SSSR count). The first-order valence-electron chi connectivity index (χ1n) is 13.1. The molecular weight excluding hydrogens is 524 g/mol. The number of hydrogen-bond donors (Lipinski definition) is 2. The minimum Gasteiger partial charge on any atom is -0.349 e. The maximum absolute atomic E-state index is 13.5. The Morgan fingerprint density at radius 2 is 1.57 bits per heavy atom. The molecule has 2 aromatic heterocycles. The third kappa shape index (κ3) is 7.98. The van der Waals surface area contributed by atoms with Gasteiger partial charge in [-0.1, -0.05) is 53.8 Å². The Hall–Kier alpha value is -4.06. The van der Waals surface area contributed by atoms with Crippen molar-refractivity contribution in [2.24, 2.45) is 0 Å². The van der Waals surface area contributed by atoms with Crippen LogP contribution in [0.4, 0.5) is 5.69 Å². The van der Waals surface area contributed by atoms with Crippen molar-refractivity contribution in [2.75, 3.05) is 53.1 Å². The van der Waals surface area contributed by atoms with Gasteiger partial charge in [0.25, 0.3) is 11.8 Å². The van der Waals surface area contributed by atoms with E-state index >= 15 is 0 Å². The van der Waals surface area contributed by atoms with Crippen molar-refractivity contribution in [1.29, 1.82) is 0 Å². The largest absolute Gasteiger partial charge is 0.349 e. The number of benzene rings is 2. The molecule has 0 radical (unpaired) electrons. The quantitative estimate of drug-likeness (QED) is 0.270. The van der Waals surface area contributed by atoms with E-state index in [-0.39, 0.29) is 22.5 Å². The van der Waals surface area contributed by atoms with E-state index in [9.17, 15) is 9.59 Å². The lowest BCUT2D eigenvalue weighted by Crippen LogP contribution is -2.31. The minimum atomic E-state index is -0.355. The number of amides is 2. The van der Waals surface area contributed by atoms with E-state index in [1.54, 1.807) is 12.1 Å². The van der Waals surface area contributed by atoms with Crippen LogP contribution in [0.25, 0.3) is 22.0 Å². The highest BCUT2D eigenvalue weighted by Gasteiger charge is 2.19. The predicted molar refractivity (Wildman–Crippen MR) is 159 cm³/mol. The van der Waals surface area contributed by atoms with Crippen LogP contribution in [0.5, 0.6) is 0 Å². The van der Waals surface area contributed by atoms with Gasteiger partial charge in [-0.05, 0) is 65.8 Å². The second-order valence-electron chi connectivity index (χ2n) is 9.81. The fourth-order valence-corrected chi connectivity index (χ4v) is 4.69. The highest BCUT2D eigenvalue weighted by Crippen LogP contribution is 2.30. The van der Waals surface area contributed by atoms with Crippen LogP contribution in [0, 0.1) is 0 Å². The van der Waals surface area contributed by atoms with Crippen LogP contribution < -0.4 is 10.6 Å². The van der Waals surface area contributed by atoms with Gasteiger partial charge in [0.1, 0.15) is 10.7 Å². The summed E-state index contributed by atoms with van der Waals surface area (Å²) in [6, 6.07) is 18.7. The molecule has 10 nitrogen and oxygen atoms in total. The van der Waals surface area contributed by atoms with Gasteiger partial charge in [0.2, 0.25) is 5.01 Å². The maximum atomic E-state index is 13.5. The van der Waals surface area contributed by atoms with E-state index < -0.39 is 0 Å². The van der Waals surface area contributed by atoms with Crippen LogP contribution in [-0.2, 0) is 6.42 Å². The van der Waals surface area contributed by atoms with E-state index in [1.165, 1.54) is 11.3 Å². The number of likely N-dealkylation sites (N-methyl/N-ethyl adjacent to an activating group) is 1. The predicted octanol–water partition coefficient (Wildman–Crippen LogP) is 3.70. The van der Waals surface area contributed by atoms with Gasteiger partial charge in [0.15, 0.2) is 5.82 Å². The molecule has 0 saturated carbocycles. The zero-order valence-electron chi connectivity index (χ0n) is 23.2. The van der Waals surface area contributed by atoms with Crippen LogP contribution in [0.3, 0.4) is 0 Å². The SMILES string of the molecule is CN(C)CCCc1cc(C(=O)Nc2ccccc2-c2nnc(C(=O)NCCN(C)C)s2)nc(-c2ccccc2)n1. The Morgan fingerprint density at radius 3 is 2.33 bits per heavy atom. The van der Waals surface area contributed by atoms with Crippen molar-refractivity contribution in [3.8, 4) is 22.0 Å². The van der Waals surface area contributed by atoms with E-state index in [4.69, 9.17) is 4.98 Å². The fourth-order valence-electron chi connectivity index (χ4n) is 3.89. The molecule has 4 aromatic rings. The fraction of sp³-hybridized carbons (Fsp3) is 0.310. The molecule has 0 fully saturated rings. The van der Waals surface area contributed by atoms with Crippen molar-refractivity contribution in [3.63, 3.8) is 0 Å². The third-order valence-corrected chi connectivity index (χ3v) is 6.91. The molecule has 0 aliphatic carbocycles. The summed E-state index contributed by atoms with van der Waals surface area (Å²) < 4.78 is 0. The minimum absolute atomic E-state index is 0.264. The van der Waals surface area contributed by atoms with Crippen LogP contribution in [0.1, 0.15) is 32.4 Å². The number of nitrogens with zero attached hydrogens (tertiary/aromatic N) is 6. The van der Waals surface area contributed by atoms with Crippen LogP contribution in [0.2, 0.25) is 0 Å². The van der Waals surface area contributed by atoms with Gasteiger partial charge in [-0.3, -0.25) is 9.59 Å². The second-order valence-corrected chi connectivity index (χ2v) is 10.8. The zero-order chi connectivity index (χ0) is 28.5. The van der Waals surface area contributed by atoms with Crippen LogP contribution >= 0.6 is 11.3 Å². The summed E-state index contributed by atoms with van der Waals surface area (Å²) in [6.07, 6.45) is 1.63. The molecule has 0 spiro atoms. The molecule has 208 valence electrons. The summed E-state index contributed by atoms with van der Waals surface area (Å²) >= 11 is 1.17. The van der Waals surface area contributed by atoms with Crippen LogP contribution in [0.15, 0.2) is 60.7 Å². The summed E-state index contributed by atoms with van der Waals surface area (Å²) in [7, 11) is 7.95. The summed E-state index contributed by atoms with van der Waals surface area (Å²) in [5, 5.41) is 14.9. The first kappa shape index (κ1) is 28.9. The maximum Gasteiger partial charge on any atom is 0.282 e. The number of hydrogen-bond acceptors (Lipinski definition) is 9. The average molecular weight is 559 g/mol. The third-order valence-electron chi connectivity index (χ3n) is 5.95. The van der Waals surface area contributed by atoms with Gasteiger partial charge < -0.3 is 20.4 Å². The lowest BCUT2D eigenvalue weighted by Gasteiger charge is -2.12. The Bertz CT molecular complexity index is 1440. The van der Waals surface area contributed by atoms with Crippen molar-refractivity contribution < 1.29 is 9.59 Å². The van der Waals surface area contributed by atoms with E-state index in [2.05, 4.69) is 30.7 Å². The number of carbonyl (C=O) groups excluding carboxylic acids is 2. The number of aryl methyl sites for hydroxylation is 1. The molecule has 11 heteroatoms. The monoisotopic (exact) mass is 558 g/mol. The number of aromatic nitrogens is 4. The lowest BCUT2D eigenvalue weighted by atomic mass is 10.1. The molecular formula is C29H34N8O2S. The van der Waals surface area contributed by atoms with E-state index in [0.29, 0.717) is 28.6 Å². The van der Waals surface area contributed by atoms with Gasteiger partial charge in [0.05, 0.1) is 5.69 Å². The molecule has 0 atom stereocenters. The van der Waals surface area contributed by atoms with Gasteiger partial charge in [-0.25, -0.2) is 9.97 Å². The topological polar surface area (TPSA) is 116 Å². The molecule has 0 bridgehead atoms. The summed E-state index contributed by atoms with van der Waals surface area (Å²) in [5.41, 5.74) is 3.16. The molecule has 2 amide bonds. The Labute approximate surface area is 238 Å². The first-order chi connectivity index (χ1) is 19.3. The van der Waals surface area contributed by atoms with Gasteiger partial charge >= 0.3 is 0 Å². The van der Waals surface area contributed by atoms with Crippen molar-refractivity contribution >= 4 is 28.8 Å².